The van der Waals surface area contributed by atoms with Gasteiger partial charge >= 0.3 is 0 Å². The van der Waals surface area contributed by atoms with Crippen molar-refractivity contribution in [3.8, 4) is 5.88 Å². The first-order valence-electron chi connectivity index (χ1n) is 5.75. The Morgan fingerprint density at radius 2 is 2.39 bits per heavy atom. The lowest BCUT2D eigenvalue weighted by atomic mass is 10.3. The number of aromatic amines is 1. The molecule has 8 heteroatoms. The monoisotopic (exact) mass is 249 g/mol. The van der Waals surface area contributed by atoms with Crippen molar-refractivity contribution in [1.82, 2.24) is 30.6 Å². The molecule has 0 bridgehead atoms. The quantitative estimate of drug-likeness (QED) is 0.785. The standard InChI is InChI=1S/C10H15N7O/c1-3-6-18-8-4-5-11-10(13-8)12-7(2)9-14-16-17-15-9/h4-5,7H,3,6H2,1-2H3,(H,11,12,13)(H,14,15,16,17). The number of H-pyrrole nitrogens is 1. The van der Waals surface area contributed by atoms with Gasteiger partial charge in [-0.3, -0.25) is 0 Å². The summed E-state index contributed by atoms with van der Waals surface area (Å²) in [6.45, 7) is 4.57. The molecule has 2 aromatic rings. The number of hydrogen-bond acceptors (Lipinski definition) is 7. The van der Waals surface area contributed by atoms with Crippen molar-refractivity contribution in [2.45, 2.75) is 26.3 Å². The van der Waals surface area contributed by atoms with Crippen molar-refractivity contribution in [3.05, 3.63) is 18.1 Å². The van der Waals surface area contributed by atoms with E-state index in [0.717, 1.165) is 6.42 Å². The maximum absolute atomic E-state index is 5.43. The van der Waals surface area contributed by atoms with E-state index in [-0.39, 0.29) is 6.04 Å². The molecule has 0 aliphatic heterocycles. The maximum atomic E-state index is 5.43. The summed E-state index contributed by atoms with van der Waals surface area (Å²) in [6.07, 6.45) is 2.58. The second-order valence-corrected chi connectivity index (χ2v) is 3.70. The predicted molar refractivity (Wildman–Crippen MR) is 64.0 cm³/mol. The molecule has 2 N–H and O–H groups in total. The fourth-order valence-electron chi connectivity index (χ4n) is 1.31. The van der Waals surface area contributed by atoms with E-state index in [9.17, 15) is 0 Å². The van der Waals surface area contributed by atoms with E-state index >= 15 is 0 Å². The van der Waals surface area contributed by atoms with Crippen LogP contribution in [0.15, 0.2) is 12.3 Å². The minimum absolute atomic E-state index is 0.134. The lowest BCUT2D eigenvalue weighted by Crippen LogP contribution is -2.11. The van der Waals surface area contributed by atoms with Crippen molar-refractivity contribution in [3.63, 3.8) is 0 Å². The van der Waals surface area contributed by atoms with E-state index in [0.29, 0.717) is 24.3 Å². The van der Waals surface area contributed by atoms with Crippen LogP contribution in [0.1, 0.15) is 32.1 Å². The Hall–Kier alpha value is -2.25. The Morgan fingerprint density at radius 3 is 3.11 bits per heavy atom. The van der Waals surface area contributed by atoms with Gasteiger partial charge in [0.05, 0.1) is 12.6 Å². The number of hydrogen-bond donors (Lipinski definition) is 2. The molecule has 0 spiro atoms. The van der Waals surface area contributed by atoms with Crippen LogP contribution in [0.2, 0.25) is 0 Å². The van der Waals surface area contributed by atoms with Crippen molar-refractivity contribution in [2.24, 2.45) is 0 Å². The van der Waals surface area contributed by atoms with Gasteiger partial charge in [-0.05, 0) is 13.3 Å². The van der Waals surface area contributed by atoms with Gasteiger partial charge in [-0.1, -0.05) is 12.1 Å². The van der Waals surface area contributed by atoms with E-state index in [1.165, 1.54) is 0 Å². The minimum Gasteiger partial charge on any atom is -0.478 e. The topological polar surface area (TPSA) is 102 Å². The maximum Gasteiger partial charge on any atom is 0.226 e. The molecule has 0 saturated heterocycles. The highest BCUT2D eigenvalue weighted by Gasteiger charge is 2.11. The molecular formula is C10H15N7O. The molecule has 2 heterocycles. The molecular weight excluding hydrogens is 234 g/mol. The molecule has 18 heavy (non-hydrogen) atoms. The number of tetrazole rings is 1. The van der Waals surface area contributed by atoms with Crippen LogP contribution >= 0.6 is 0 Å². The molecule has 0 radical (unpaired) electrons. The van der Waals surface area contributed by atoms with Gasteiger partial charge in [0.2, 0.25) is 11.8 Å². The average Bonchev–Trinajstić information content (AvgIpc) is 2.91. The summed E-state index contributed by atoms with van der Waals surface area (Å²) in [6, 6.07) is 1.59. The van der Waals surface area contributed by atoms with Crippen LogP contribution in [0, 0.1) is 0 Å². The molecule has 0 saturated carbocycles. The number of aromatic nitrogens is 6. The molecule has 96 valence electrons. The van der Waals surface area contributed by atoms with Crippen LogP contribution in [-0.4, -0.2) is 37.2 Å². The summed E-state index contributed by atoms with van der Waals surface area (Å²) in [5.41, 5.74) is 0. The highest BCUT2D eigenvalue weighted by molar-refractivity contribution is 5.29. The largest absolute Gasteiger partial charge is 0.478 e. The summed E-state index contributed by atoms with van der Waals surface area (Å²) in [4.78, 5) is 8.34. The van der Waals surface area contributed by atoms with Crippen molar-refractivity contribution < 1.29 is 4.74 Å². The molecule has 1 atom stereocenters. The fraction of sp³-hybridized carbons (Fsp3) is 0.500. The van der Waals surface area contributed by atoms with Gasteiger partial charge in [0, 0.05) is 12.3 Å². The normalized spacial score (nSPS) is 12.1. The Morgan fingerprint density at radius 1 is 1.50 bits per heavy atom. The highest BCUT2D eigenvalue weighted by atomic mass is 16.5. The number of nitrogens with one attached hydrogen (secondary N) is 2. The first kappa shape index (κ1) is 12.2. The van der Waals surface area contributed by atoms with Crippen molar-refractivity contribution in [1.29, 1.82) is 0 Å². The lowest BCUT2D eigenvalue weighted by Gasteiger charge is -2.10. The third-order valence-corrected chi connectivity index (χ3v) is 2.18. The number of rotatable bonds is 6. The second kappa shape index (κ2) is 5.89. The third-order valence-electron chi connectivity index (χ3n) is 2.18. The number of nitrogens with zero attached hydrogens (tertiary/aromatic N) is 5. The van der Waals surface area contributed by atoms with Crippen LogP contribution < -0.4 is 10.1 Å². The van der Waals surface area contributed by atoms with E-state index < -0.39 is 0 Å². The van der Waals surface area contributed by atoms with Gasteiger partial charge in [-0.15, -0.1) is 10.2 Å². The zero-order valence-electron chi connectivity index (χ0n) is 10.3. The highest BCUT2D eigenvalue weighted by Crippen LogP contribution is 2.14. The second-order valence-electron chi connectivity index (χ2n) is 3.70. The Bertz CT molecular complexity index is 473. The zero-order valence-corrected chi connectivity index (χ0v) is 10.3. The molecule has 2 rings (SSSR count). The van der Waals surface area contributed by atoms with Crippen LogP contribution in [0.25, 0.3) is 0 Å². The Balaban J connectivity index is 2.00. The summed E-state index contributed by atoms with van der Waals surface area (Å²) < 4.78 is 5.43. The van der Waals surface area contributed by atoms with Gasteiger partial charge < -0.3 is 10.1 Å². The van der Waals surface area contributed by atoms with Crippen LogP contribution in [-0.2, 0) is 0 Å². The number of ether oxygens (including phenoxy) is 1. The predicted octanol–water partition coefficient (Wildman–Crippen LogP) is 0.952. The van der Waals surface area contributed by atoms with E-state index in [2.05, 4.69) is 35.9 Å². The Labute approximate surface area is 104 Å². The third kappa shape index (κ3) is 3.12. The van der Waals surface area contributed by atoms with E-state index in [1.54, 1.807) is 12.3 Å². The zero-order chi connectivity index (χ0) is 12.8. The van der Waals surface area contributed by atoms with Gasteiger partial charge in [-0.2, -0.15) is 10.2 Å². The van der Waals surface area contributed by atoms with Crippen LogP contribution in [0.3, 0.4) is 0 Å². The fourth-order valence-corrected chi connectivity index (χ4v) is 1.31. The molecule has 0 amide bonds. The first-order chi connectivity index (χ1) is 8.79. The SMILES string of the molecule is CCCOc1ccnc(NC(C)c2nn[nH]n2)n1. The van der Waals surface area contributed by atoms with Gasteiger partial charge in [0.15, 0.2) is 5.82 Å². The van der Waals surface area contributed by atoms with E-state index in [1.807, 2.05) is 13.8 Å². The van der Waals surface area contributed by atoms with Crippen molar-refractivity contribution in [2.75, 3.05) is 11.9 Å². The van der Waals surface area contributed by atoms with Crippen molar-refractivity contribution >= 4 is 5.95 Å². The Kier molecular flexibility index (Phi) is 4.00. The van der Waals surface area contributed by atoms with Gasteiger partial charge in [0.25, 0.3) is 0 Å². The average molecular weight is 249 g/mol. The van der Waals surface area contributed by atoms with Gasteiger partial charge in [-0.25, -0.2) is 4.98 Å². The number of anilines is 1. The molecule has 0 fully saturated rings. The molecule has 8 nitrogen and oxygen atoms in total. The molecule has 1 unspecified atom stereocenters. The lowest BCUT2D eigenvalue weighted by molar-refractivity contribution is 0.305. The molecule has 0 aromatic carbocycles. The summed E-state index contributed by atoms with van der Waals surface area (Å²) in [5, 5.41) is 16.8. The van der Waals surface area contributed by atoms with Gasteiger partial charge in [0.1, 0.15) is 0 Å². The van der Waals surface area contributed by atoms with Crippen LogP contribution in [0.4, 0.5) is 5.95 Å². The smallest absolute Gasteiger partial charge is 0.226 e. The summed E-state index contributed by atoms with van der Waals surface area (Å²) in [7, 11) is 0. The summed E-state index contributed by atoms with van der Waals surface area (Å²) >= 11 is 0. The molecule has 2 aromatic heterocycles. The first-order valence-corrected chi connectivity index (χ1v) is 5.75. The molecule has 0 aliphatic rings. The minimum atomic E-state index is -0.134. The molecule has 0 aliphatic carbocycles. The van der Waals surface area contributed by atoms with Crippen LogP contribution in [0.5, 0.6) is 5.88 Å². The van der Waals surface area contributed by atoms with E-state index in [4.69, 9.17) is 4.74 Å². The summed E-state index contributed by atoms with van der Waals surface area (Å²) in [5.74, 6) is 1.58.